The predicted octanol–water partition coefficient (Wildman–Crippen LogP) is 2.10. The SMILES string of the molecule is C[C@@H]1CN(c2ncc(C=O)cc2C(F)(F)F)CCN1C(=O)O. The van der Waals surface area contributed by atoms with Crippen LogP contribution < -0.4 is 4.90 Å². The fourth-order valence-corrected chi connectivity index (χ4v) is 2.43. The van der Waals surface area contributed by atoms with Crippen LogP contribution in [-0.4, -0.2) is 53.0 Å². The highest BCUT2D eigenvalue weighted by Gasteiger charge is 2.38. The number of hydrogen-bond acceptors (Lipinski definition) is 4. The van der Waals surface area contributed by atoms with E-state index >= 15 is 0 Å². The van der Waals surface area contributed by atoms with Gasteiger partial charge in [0, 0.05) is 37.4 Å². The first-order chi connectivity index (χ1) is 10.2. The zero-order chi connectivity index (χ0) is 16.5. The van der Waals surface area contributed by atoms with Crippen molar-refractivity contribution in [1.29, 1.82) is 0 Å². The lowest BCUT2D eigenvalue weighted by molar-refractivity contribution is -0.137. The number of carbonyl (C=O) groups is 2. The minimum Gasteiger partial charge on any atom is -0.465 e. The molecule has 0 aliphatic carbocycles. The number of aldehydes is 1. The normalized spacial score (nSPS) is 19.2. The smallest absolute Gasteiger partial charge is 0.419 e. The average molecular weight is 317 g/mol. The van der Waals surface area contributed by atoms with Gasteiger partial charge in [-0.3, -0.25) is 4.79 Å². The molecule has 1 aromatic heterocycles. The summed E-state index contributed by atoms with van der Waals surface area (Å²) >= 11 is 0. The Morgan fingerprint density at radius 1 is 1.45 bits per heavy atom. The predicted molar refractivity (Wildman–Crippen MR) is 71.0 cm³/mol. The molecule has 0 aromatic carbocycles. The lowest BCUT2D eigenvalue weighted by atomic mass is 10.1. The fraction of sp³-hybridized carbons (Fsp3) is 0.462. The number of anilines is 1. The number of carboxylic acid groups (broad SMARTS) is 1. The Balaban J connectivity index is 2.33. The topological polar surface area (TPSA) is 73.7 Å². The summed E-state index contributed by atoms with van der Waals surface area (Å²) < 4.78 is 39.4. The molecular weight excluding hydrogens is 303 g/mol. The van der Waals surface area contributed by atoms with Crippen LogP contribution >= 0.6 is 0 Å². The van der Waals surface area contributed by atoms with Crippen molar-refractivity contribution in [2.75, 3.05) is 24.5 Å². The molecular formula is C13H14F3N3O3. The molecule has 0 spiro atoms. The highest BCUT2D eigenvalue weighted by Crippen LogP contribution is 2.36. The summed E-state index contributed by atoms with van der Waals surface area (Å²) in [5, 5.41) is 8.99. The molecule has 22 heavy (non-hydrogen) atoms. The molecule has 0 bridgehead atoms. The van der Waals surface area contributed by atoms with E-state index < -0.39 is 23.9 Å². The maximum absolute atomic E-state index is 13.1. The molecule has 1 amide bonds. The van der Waals surface area contributed by atoms with Crippen LogP contribution in [-0.2, 0) is 6.18 Å². The number of pyridine rings is 1. The Hall–Kier alpha value is -2.32. The van der Waals surface area contributed by atoms with Crippen LogP contribution in [0.1, 0.15) is 22.8 Å². The molecule has 2 heterocycles. The molecule has 1 atom stereocenters. The zero-order valence-electron chi connectivity index (χ0n) is 11.7. The third kappa shape index (κ3) is 3.12. The second kappa shape index (κ2) is 5.82. The monoisotopic (exact) mass is 317 g/mol. The van der Waals surface area contributed by atoms with Crippen LogP contribution in [0, 0.1) is 0 Å². The van der Waals surface area contributed by atoms with Gasteiger partial charge in [0.2, 0.25) is 0 Å². The fourth-order valence-electron chi connectivity index (χ4n) is 2.43. The van der Waals surface area contributed by atoms with Gasteiger partial charge in [-0.05, 0) is 13.0 Å². The number of carbonyl (C=O) groups excluding carboxylic acids is 1. The van der Waals surface area contributed by atoms with Gasteiger partial charge in [0.05, 0.1) is 5.56 Å². The maximum Gasteiger partial charge on any atom is 0.419 e. The van der Waals surface area contributed by atoms with Crippen molar-refractivity contribution in [2.24, 2.45) is 0 Å². The first-order valence-electron chi connectivity index (χ1n) is 6.51. The van der Waals surface area contributed by atoms with Crippen molar-refractivity contribution in [3.8, 4) is 0 Å². The number of piperazine rings is 1. The van der Waals surface area contributed by atoms with Crippen molar-refractivity contribution >= 4 is 18.2 Å². The van der Waals surface area contributed by atoms with E-state index in [9.17, 15) is 22.8 Å². The van der Waals surface area contributed by atoms with Gasteiger partial charge in [-0.1, -0.05) is 0 Å². The van der Waals surface area contributed by atoms with E-state index in [1.807, 2.05) is 0 Å². The van der Waals surface area contributed by atoms with E-state index in [-0.39, 0.29) is 31.0 Å². The van der Waals surface area contributed by atoms with E-state index in [0.717, 1.165) is 12.3 Å². The van der Waals surface area contributed by atoms with Gasteiger partial charge in [0.1, 0.15) is 5.82 Å². The van der Waals surface area contributed by atoms with E-state index in [1.54, 1.807) is 6.92 Å². The third-order valence-corrected chi connectivity index (χ3v) is 3.50. The Kier molecular flexibility index (Phi) is 4.25. The Labute approximate surface area is 124 Å². The van der Waals surface area contributed by atoms with E-state index in [0.29, 0.717) is 6.29 Å². The average Bonchev–Trinajstić information content (AvgIpc) is 2.45. The summed E-state index contributed by atoms with van der Waals surface area (Å²) in [5.74, 6) is -0.282. The summed E-state index contributed by atoms with van der Waals surface area (Å²) in [6, 6.07) is 0.295. The molecule has 1 fully saturated rings. The molecule has 0 radical (unpaired) electrons. The number of amides is 1. The molecule has 1 N–H and O–H groups in total. The molecule has 1 aliphatic heterocycles. The van der Waals surface area contributed by atoms with Gasteiger partial charge in [-0.15, -0.1) is 0 Å². The summed E-state index contributed by atoms with van der Waals surface area (Å²) in [7, 11) is 0. The Bertz CT molecular complexity index is 592. The molecule has 1 saturated heterocycles. The van der Waals surface area contributed by atoms with Gasteiger partial charge in [-0.25, -0.2) is 9.78 Å². The van der Waals surface area contributed by atoms with Crippen molar-refractivity contribution in [3.05, 3.63) is 23.4 Å². The van der Waals surface area contributed by atoms with Crippen LogP contribution in [0.5, 0.6) is 0 Å². The Morgan fingerprint density at radius 3 is 2.64 bits per heavy atom. The molecule has 0 unspecified atom stereocenters. The molecule has 1 aliphatic rings. The summed E-state index contributed by atoms with van der Waals surface area (Å²) in [6.45, 7) is 1.91. The van der Waals surface area contributed by atoms with E-state index in [2.05, 4.69) is 4.98 Å². The minimum absolute atomic E-state index is 0.0882. The molecule has 2 rings (SSSR count). The lowest BCUT2D eigenvalue weighted by Crippen LogP contribution is -2.54. The molecule has 9 heteroatoms. The van der Waals surface area contributed by atoms with Crippen LogP contribution in [0.3, 0.4) is 0 Å². The van der Waals surface area contributed by atoms with Crippen LogP contribution in [0.15, 0.2) is 12.3 Å². The molecule has 120 valence electrons. The highest BCUT2D eigenvalue weighted by molar-refractivity contribution is 5.75. The molecule has 1 aromatic rings. The quantitative estimate of drug-likeness (QED) is 0.846. The molecule has 0 saturated carbocycles. The number of alkyl halides is 3. The number of aromatic nitrogens is 1. The van der Waals surface area contributed by atoms with Crippen molar-refractivity contribution in [2.45, 2.75) is 19.1 Å². The van der Waals surface area contributed by atoms with Crippen LogP contribution in [0.2, 0.25) is 0 Å². The van der Waals surface area contributed by atoms with Crippen molar-refractivity contribution in [3.63, 3.8) is 0 Å². The zero-order valence-corrected chi connectivity index (χ0v) is 11.7. The summed E-state index contributed by atoms with van der Waals surface area (Å²) in [4.78, 5) is 28.0. The summed E-state index contributed by atoms with van der Waals surface area (Å²) in [5.41, 5.74) is -1.15. The van der Waals surface area contributed by atoms with Gasteiger partial charge >= 0.3 is 12.3 Å². The third-order valence-electron chi connectivity index (χ3n) is 3.50. The van der Waals surface area contributed by atoms with E-state index in [1.165, 1.54) is 9.80 Å². The lowest BCUT2D eigenvalue weighted by Gasteiger charge is -2.39. The van der Waals surface area contributed by atoms with Crippen molar-refractivity contribution in [1.82, 2.24) is 9.88 Å². The van der Waals surface area contributed by atoms with Gasteiger partial charge in [0.15, 0.2) is 6.29 Å². The largest absolute Gasteiger partial charge is 0.465 e. The summed E-state index contributed by atoms with van der Waals surface area (Å²) in [6.07, 6.45) is -4.37. The molecule has 6 nitrogen and oxygen atoms in total. The van der Waals surface area contributed by atoms with Crippen LogP contribution in [0.25, 0.3) is 0 Å². The van der Waals surface area contributed by atoms with Gasteiger partial charge in [-0.2, -0.15) is 13.2 Å². The number of rotatable bonds is 2. The Morgan fingerprint density at radius 2 is 2.14 bits per heavy atom. The number of hydrogen-bond donors (Lipinski definition) is 1. The highest BCUT2D eigenvalue weighted by atomic mass is 19.4. The first kappa shape index (κ1) is 16.1. The van der Waals surface area contributed by atoms with Gasteiger partial charge < -0.3 is 14.9 Å². The second-order valence-corrected chi connectivity index (χ2v) is 5.03. The first-order valence-corrected chi connectivity index (χ1v) is 6.51. The maximum atomic E-state index is 13.1. The van der Waals surface area contributed by atoms with Crippen molar-refractivity contribution < 1.29 is 27.9 Å². The van der Waals surface area contributed by atoms with Crippen LogP contribution in [0.4, 0.5) is 23.8 Å². The van der Waals surface area contributed by atoms with E-state index in [4.69, 9.17) is 5.11 Å². The van der Waals surface area contributed by atoms with Gasteiger partial charge in [0.25, 0.3) is 0 Å². The second-order valence-electron chi connectivity index (χ2n) is 5.03. The minimum atomic E-state index is -4.64. The standard InChI is InChI=1S/C13H14F3N3O3/c1-8-6-18(2-3-19(8)12(21)22)11-10(13(14,15)16)4-9(7-20)5-17-11/h4-5,7-8H,2-3,6H2,1H3,(H,21,22)/t8-/m1/s1. The number of nitrogens with zero attached hydrogens (tertiary/aromatic N) is 3. The number of halogens is 3.